The van der Waals surface area contributed by atoms with Crippen molar-refractivity contribution in [2.45, 2.75) is 4.90 Å². The predicted molar refractivity (Wildman–Crippen MR) is 101 cm³/mol. The predicted octanol–water partition coefficient (Wildman–Crippen LogP) is 3.52. The van der Waals surface area contributed by atoms with Crippen LogP contribution in [0.1, 0.15) is 10.4 Å². The van der Waals surface area contributed by atoms with Gasteiger partial charge >= 0.3 is 5.97 Å². The monoisotopic (exact) mass is 395 g/mol. The maximum absolute atomic E-state index is 13.1. The molecule has 2 aromatic carbocycles. The van der Waals surface area contributed by atoms with Gasteiger partial charge in [0.25, 0.3) is 10.0 Å². The Balaban J connectivity index is 2.53. The molecule has 0 aromatic heterocycles. The second-order valence-corrected chi connectivity index (χ2v) is 7.43. The van der Waals surface area contributed by atoms with Crippen LogP contribution in [0, 0.1) is 0 Å². The van der Waals surface area contributed by atoms with Gasteiger partial charge in [0.05, 0.1) is 41.9 Å². The smallest absolute Gasteiger partial charge is 0.337 e. The third kappa shape index (κ3) is 4.00. The number of hydrogen-bond acceptors (Lipinski definition) is 5. The Hall–Kier alpha value is -2.51. The number of benzene rings is 2. The van der Waals surface area contributed by atoms with E-state index in [1.54, 1.807) is 12.1 Å². The number of halogens is 1. The molecule has 0 unspecified atom stereocenters. The van der Waals surface area contributed by atoms with Crippen LogP contribution in [0.2, 0.25) is 5.02 Å². The van der Waals surface area contributed by atoms with E-state index in [2.05, 4.69) is 11.3 Å². The highest BCUT2D eigenvalue weighted by atomic mass is 35.5. The van der Waals surface area contributed by atoms with E-state index < -0.39 is 16.0 Å². The molecule has 138 valence electrons. The number of rotatable bonds is 7. The lowest BCUT2D eigenvalue weighted by Gasteiger charge is -2.23. The zero-order valence-electron chi connectivity index (χ0n) is 14.3. The summed E-state index contributed by atoms with van der Waals surface area (Å²) in [4.78, 5) is 11.7. The second kappa shape index (κ2) is 8.25. The largest absolute Gasteiger partial charge is 0.495 e. The van der Waals surface area contributed by atoms with E-state index in [-0.39, 0.29) is 22.0 Å². The minimum atomic E-state index is -3.94. The molecular weight excluding hydrogens is 378 g/mol. The van der Waals surface area contributed by atoms with Crippen molar-refractivity contribution in [3.63, 3.8) is 0 Å². The summed E-state index contributed by atoms with van der Waals surface area (Å²) in [7, 11) is -1.24. The summed E-state index contributed by atoms with van der Waals surface area (Å²) in [5.41, 5.74) is 0.543. The number of carbonyl (C=O) groups excluding carboxylic acids is 1. The van der Waals surface area contributed by atoms with Gasteiger partial charge in [0.1, 0.15) is 5.75 Å². The Labute approximate surface area is 157 Å². The Bertz CT molecular complexity index is 927. The maximum Gasteiger partial charge on any atom is 0.337 e. The third-order valence-corrected chi connectivity index (χ3v) is 5.65. The first-order chi connectivity index (χ1) is 12.3. The molecule has 2 aromatic rings. The maximum atomic E-state index is 13.1. The third-order valence-electron chi connectivity index (χ3n) is 3.56. The fourth-order valence-corrected chi connectivity index (χ4v) is 4.08. The van der Waals surface area contributed by atoms with Crippen LogP contribution in [0.4, 0.5) is 5.69 Å². The van der Waals surface area contributed by atoms with E-state index in [9.17, 15) is 13.2 Å². The number of nitrogens with zero attached hydrogens (tertiary/aromatic N) is 1. The van der Waals surface area contributed by atoms with E-state index in [4.69, 9.17) is 16.3 Å². The summed E-state index contributed by atoms with van der Waals surface area (Å²) in [5.74, 6) is -0.191. The Kier molecular flexibility index (Phi) is 6.28. The van der Waals surface area contributed by atoms with Crippen LogP contribution in [0.15, 0.2) is 60.0 Å². The Morgan fingerprint density at radius 2 is 1.96 bits per heavy atom. The van der Waals surface area contributed by atoms with Crippen molar-refractivity contribution >= 4 is 33.3 Å². The lowest BCUT2D eigenvalue weighted by molar-refractivity contribution is 0.0600. The molecule has 26 heavy (non-hydrogen) atoms. The Morgan fingerprint density at radius 1 is 1.23 bits per heavy atom. The average molecular weight is 396 g/mol. The first kappa shape index (κ1) is 19.8. The van der Waals surface area contributed by atoms with Gasteiger partial charge in [-0.25, -0.2) is 13.2 Å². The van der Waals surface area contributed by atoms with Crippen LogP contribution in [0.3, 0.4) is 0 Å². The van der Waals surface area contributed by atoms with Crippen LogP contribution in [0.5, 0.6) is 5.75 Å². The van der Waals surface area contributed by atoms with Crippen molar-refractivity contribution in [1.82, 2.24) is 0 Å². The molecule has 8 heteroatoms. The van der Waals surface area contributed by atoms with Gasteiger partial charge in [0.15, 0.2) is 0 Å². The molecule has 0 saturated carbocycles. The van der Waals surface area contributed by atoms with E-state index in [1.165, 1.54) is 50.6 Å². The van der Waals surface area contributed by atoms with Crippen molar-refractivity contribution in [3.05, 3.63) is 65.7 Å². The standard InChI is InChI=1S/C18H18ClNO5S/c1-4-10-20(14-7-5-6-13(11-14)18(21)25-3)26(22,23)15-8-9-17(24-2)16(19)12-15/h4-9,11-12H,1,10H2,2-3H3. The van der Waals surface area contributed by atoms with E-state index >= 15 is 0 Å². The van der Waals surface area contributed by atoms with Gasteiger partial charge in [-0.15, -0.1) is 6.58 Å². The molecule has 0 bridgehead atoms. The summed E-state index contributed by atoms with van der Waals surface area (Å²) in [6.07, 6.45) is 1.45. The van der Waals surface area contributed by atoms with Gasteiger partial charge in [-0.05, 0) is 36.4 Å². The quantitative estimate of drug-likeness (QED) is 0.529. The number of sulfonamides is 1. The van der Waals surface area contributed by atoms with Crippen LogP contribution in [-0.4, -0.2) is 35.2 Å². The van der Waals surface area contributed by atoms with Gasteiger partial charge in [0.2, 0.25) is 0 Å². The molecule has 0 fully saturated rings. The zero-order chi connectivity index (χ0) is 19.3. The van der Waals surface area contributed by atoms with Crippen molar-refractivity contribution < 1.29 is 22.7 Å². The summed E-state index contributed by atoms with van der Waals surface area (Å²) in [6, 6.07) is 10.3. The summed E-state index contributed by atoms with van der Waals surface area (Å²) in [5, 5.41) is 0.176. The number of hydrogen-bond donors (Lipinski definition) is 0. The first-order valence-corrected chi connectivity index (χ1v) is 9.32. The topological polar surface area (TPSA) is 72.9 Å². The second-order valence-electron chi connectivity index (χ2n) is 5.16. The molecule has 0 aliphatic rings. The normalized spacial score (nSPS) is 10.9. The molecule has 0 amide bonds. The molecule has 2 rings (SSSR count). The molecule has 0 N–H and O–H groups in total. The lowest BCUT2D eigenvalue weighted by Crippen LogP contribution is -2.31. The molecular formula is C18H18ClNO5S. The number of carbonyl (C=O) groups is 1. The average Bonchev–Trinajstić information content (AvgIpc) is 2.65. The molecule has 0 aliphatic heterocycles. The van der Waals surface area contributed by atoms with Crippen molar-refractivity contribution in [1.29, 1.82) is 0 Å². The SMILES string of the molecule is C=CCN(c1cccc(C(=O)OC)c1)S(=O)(=O)c1ccc(OC)c(Cl)c1. The molecule has 0 heterocycles. The fraction of sp³-hybridized carbons (Fsp3) is 0.167. The highest BCUT2D eigenvalue weighted by molar-refractivity contribution is 7.92. The van der Waals surface area contributed by atoms with E-state index in [1.807, 2.05) is 0 Å². The Morgan fingerprint density at radius 3 is 2.54 bits per heavy atom. The van der Waals surface area contributed by atoms with Crippen molar-refractivity contribution in [2.75, 3.05) is 25.1 Å². The lowest BCUT2D eigenvalue weighted by atomic mass is 10.2. The molecule has 0 saturated heterocycles. The van der Waals surface area contributed by atoms with Gasteiger partial charge in [0, 0.05) is 0 Å². The summed E-state index contributed by atoms with van der Waals surface area (Å²) < 4.78 is 37.0. The van der Waals surface area contributed by atoms with Crippen LogP contribution >= 0.6 is 11.6 Å². The summed E-state index contributed by atoms with van der Waals surface area (Å²) in [6.45, 7) is 3.62. The van der Waals surface area contributed by atoms with Gasteiger partial charge in [-0.3, -0.25) is 4.31 Å². The van der Waals surface area contributed by atoms with Crippen LogP contribution in [0.25, 0.3) is 0 Å². The molecule has 0 atom stereocenters. The van der Waals surface area contributed by atoms with Crippen LogP contribution in [-0.2, 0) is 14.8 Å². The number of anilines is 1. The zero-order valence-corrected chi connectivity index (χ0v) is 15.9. The minimum Gasteiger partial charge on any atom is -0.495 e. The fourth-order valence-electron chi connectivity index (χ4n) is 2.30. The molecule has 0 radical (unpaired) electrons. The van der Waals surface area contributed by atoms with Gasteiger partial charge in [-0.2, -0.15) is 0 Å². The van der Waals surface area contributed by atoms with E-state index in [0.717, 1.165) is 4.31 Å². The van der Waals surface area contributed by atoms with Crippen LogP contribution < -0.4 is 9.04 Å². The highest BCUT2D eigenvalue weighted by Crippen LogP contribution is 2.30. The molecule has 6 nitrogen and oxygen atoms in total. The molecule has 0 spiro atoms. The number of methoxy groups -OCH3 is 2. The van der Waals surface area contributed by atoms with Crippen molar-refractivity contribution in [2.24, 2.45) is 0 Å². The first-order valence-electron chi connectivity index (χ1n) is 7.50. The number of ether oxygens (including phenoxy) is 2. The molecule has 0 aliphatic carbocycles. The summed E-state index contributed by atoms with van der Waals surface area (Å²) >= 11 is 6.06. The van der Waals surface area contributed by atoms with Crippen molar-refractivity contribution in [3.8, 4) is 5.75 Å². The minimum absolute atomic E-state index is 0.00591. The van der Waals surface area contributed by atoms with E-state index in [0.29, 0.717) is 11.4 Å². The highest BCUT2D eigenvalue weighted by Gasteiger charge is 2.25. The number of esters is 1. The van der Waals surface area contributed by atoms with Gasteiger partial charge < -0.3 is 9.47 Å². The van der Waals surface area contributed by atoms with Gasteiger partial charge in [-0.1, -0.05) is 23.7 Å².